The van der Waals surface area contributed by atoms with Crippen molar-refractivity contribution < 1.29 is 27.4 Å². The fraction of sp³-hybridized carbons (Fsp3) is 0.333. The molecule has 15 heavy (non-hydrogen) atoms. The highest BCUT2D eigenvalue weighted by Gasteiger charge is 2.33. The Kier molecular flexibility index (Phi) is 2.34. The van der Waals surface area contributed by atoms with Crippen molar-refractivity contribution in [2.75, 3.05) is 13.2 Å². The van der Waals surface area contributed by atoms with Gasteiger partial charge in [0.05, 0.1) is 0 Å². The quantitative estimate of drug-likeness (QED) is 0.727. The molecule has 1 aromatic rings. The Hall–Kier alpha value is -1.59. The number of fused-ring (bicyclic) bond motifs is 1. The van der Waals surface area contributed by atoms with Crippen molar-refractivity contribution in [2.45, 2.75) is 6.36 Å². The minimum atomic E-state index is -4.73. The lowest BCUT2D eigenvalue weighted by Crippen LogP contribution is -2.20. The summed E-state index contributed by atoms with van der Waals surface area (Å²) >= 11 is 0. The second-order valence-electron chi connectivity index (χ2n) is 2.83. The molecule has 0 fully saturated rings. The highest BCUT2D eigenvalue weighted by molar-refractivity contribution is 5.51. The van der Waals surface area contributed by atoms with Gasteiger partial charge in [0.2, 0.25) is 5.75 Å². The summed E-state index contributed by atoms with van der Waals surface area (Å²) in [7, 11) is 0. The number of benzene rings is 1. The van der Waals surface area contributed by atoms with Gasteiger partial charge in [-0.15, -0.1) is 13.2 Å². The van der Waals surface area contributed by atoms with Crippen molar-refractivity contribution in [1.82, 2.24) is 0 Å². The molecule has 82 valence electrons. The summed E-state index contributed by atoms with van der Waals surface area (Å²) in [4.78, 5) is 0. The van der Waals surface area contributed by atoms with Crippen LogP contribution in [0, 0.1) is 0 Å². The first-order valence-corrected chi connectivity index (χ1v) is 4.20. The zero-order valence-electron chi connectivity index (χ0n) is 7.50. The van der Waals surface area contributed by atoms with Crippen LogP contribution in [0.25, 0.3) is 0 Å². The number of para-hydroxylation sites is 1. The van der Waals surface area contributed by atoms with Gasteiger partial charge in [-0.25, -0.2) is 0 Å². The second-order valence-corrected chi connectivity index (χ2v) is 2.83. The van der Waals surface area contributed by atoms with Gasteiger partial charge in [0.1, 0.15) is 13.2 Å². The van der Waals surface area contributed by atoms with E-state index in [9.17, 15) is 13.2 Å². The standard InChI is InChI=1S/C9H7F3O3/c10-9(11,12)15-7-3-1-2-6-8(7)14-5-4-13-6/h1-3H,4-5H2. The van der Waals surface area contributed by atoms with Crippen LogP contribution >= 0.6 is 0 Å². The van der Waals surface area contributed by atoms with Crippen molar-refractivity contribution in [2.24, 2.45) is 0 Å². The van der Waals surface area contributed by atoms with E-state index >= 15 is 0 Å². The van der Waals surface area contributed by atoms with E-state index in [0.29, 0.717) is 6.61 Å². The van der Waals surface area contributed by atoms with Gasteiger partial charge in [0.25, 0.3) is 0 Å². The van der Waals surface area contributed by atoms with Gasteiger partial charge in [-0.05, 0) is 12.1 Å². The van der Waals surface area contributed by atoms with Gasteiger partial charge in [-0.3, -0.25) is 0 Å². The molecule has 0 unspecified atom stereocenters. The van der Waals surface area contributed by atoms with E-state index in [2.05, 4.69) is 4.74 Å². The molecular formula is C9H7F3O3. The van der Waals surface area contributed by atoms with Crippen molar-refractivity contribution in [1.29, 1.82) is 0 Å². The lowest BCUT2D eigenvalue weighted by Gasteiger charge is -2.21. The number of hydrogen-bond acceptors (Lipinski definition) is 3. The predicted molar refractivity (Wildman–Crippen MR) is 44.1 cm³/mol. The van der Waals surface area contributed by atoms with Gasteiger partial charge in [-0.2, -0.15) is 0 Å². The van der Waals surface area contributed by atoms with E-state index in [4.69, 9.17) is 9.47 Å². The van der Waals surface area contributed by atoms with Crippen LogP contribution in [0.4, 0.5) is 13.2 Å². The summed E-state index contributed by atoms with van der Waals surface area (Å²) in [5.41, 5.74) is 0. The maximum atomic E-state index is 12.0. The maximum absolute atomic E-state index is 12.0. The first-order valence-electron chi connectivity index (χ1n) is 4.20. The van der Waals surface area contributed by atoms with Crippen molar-refractivity contribution >= 4 is 0 Å². The van der Waals surface area contributed by atoms with Crippen molar-refractivity contribution in [3.8, 4) is 17.2 Å². The molecule has 1 aliphatic heterocycles. The topological polar surface area (TPSA) is 27.7 Å². The molecule has 0 radical (unpaired) electrons. The maximum Gasteiger partial charge on any atom is 0.573 e. The fourth-order valence-corrected chi connectivity index (χ4v) is 1.25. The predicted octanol–water partition coefficient (Wildman–Crippen LogP) is 2.36. The molecule has 0 saturated carbocycles. The van der Waals surface area contributed by atoms with Crippen LogP contribution in [0.2, 0.25) is 0 Å². The molecule has 0 bridgehead atoms. The number of alkyl halides is 3. The number of halogens is 3. The van der Waals surface area contributed by atoms with Crippen LogP contribution in [0.1, 0.15) is 0 Å². The van der Waals surface area contributed by atoms with Gasteiger partial charge in [-0.1, -0.05) is 6.07 Å². The van der Waals surface area contributed by atoms with E-state index in [1.807, 2.05) is 0 Å². The number of hydrogen-bond donors (Lipinski definition) is 0. The average molecular weight is 220 g/mol. The third-order valence-corrected chi connectivity index (χ3v) is 1.76. The Morgan fingerprint density at radius 3 is 2.60 bits per heavy atom. The summed E-state index contributed by atoms with van der Waals surface area (Å²) in [6, 6.07) is 4.12. The fourth-order valence-electron chi connectivity index (χ4n) is 1.25. The zero-order valence-corrected chi connectivity index (χ0v) is 7.50. The minimum absolute atomic E-state index is 0.000995. The molecule has 0 saturated heterocycles. The highest BCUT2D eigenvalue weighted by atomic mass is 19.4. The first-order chi connectivity index (χ1) is 7.06. The van der Waals surface area contributed by atoms with Crippen LogP contribution in [-0.4, -0.2) is 19.6 Å². The Morgan fingerprint density at radius 2 is 1.87 bits per heavy atom. The monoisotopic (exact) mass is 220 g/mol. The first kappa shape index (κ1) is 9.95. The summed E-state index contributed by atoms with van der Waals surface area (Å²) in [5, 5.41) is 0. The van der Waals surface area contributed by atoms with Crippen LogP contribution in [0.3, 0.4) is 0 Å². The Labute approximate surface area is 83.4 Å². The third kappa shape index (κ3) is 2.26. The molecule has 0 atom stereocenters. The molecule has 3 nitrogen and oxygen atoms in total. The molecular weight excluding hydrogens is 213 g/mol. The normalized spacial score (nSPS) is 14.9. The van der Waals surface area contributed by atoms with Gasteiger partial charge in [0.15, 0.2) is 11.5 Å². The molecule has 0 aromatic heterocycles. The Morgan fingerprint density at radius 1 is 1.13 bits per heavy atom. The molecule has 1 aliphatic rings. The van der Waals surface area contributed by atoms with Crippen molar-refractivity contribution in [3.63, 3.8) is 0 Å². The largest absolute Gasteiger partial charge is 0.573 e. The van der Waals surface area contributed by atoms with Gasteiger partial charge in [0, 0.05) is 0 Å². The molecule has 2 rings (SSSR count). The summed E-state index contributed by atoms with van der Waals surface area (Å²) in [6.07, 6.45) is -4.73. The van der Waals surface area contributed by atoms with Crippen LogP contribution in [-0.2, 0) is 0 Å². The van der Waals surface area contributed by atoms with E-state index in [-0.39, 0.29) is 23.9 Å². The van der Waals surface area contributed by atoms with Crippen LogP contribution in [0.5, 0.6) is 17.2 Å². The molecule has 6 heteroatoms. The zero-order chi connectivity index (χ0) is 10.9. The van der Waals surface area contributed by atoms with E-state index in [1.165, 1.54) is 18.2 Å². The summed E-state index contributed by atoms with van der Waals surface area (Å²) < 4.78 is 49.9. The van der Waals surface area contributed by atoms with Crippen LogP contribution < -0.4 is 14.2 Å². The average Bonchev–Trinajstić information content (AvgIpc) is 2.16. The van der Waals surface area contributed by atoms with Gasteiger partial charge < -0.3 is 14.2 Å². The SMILES string of the molecule is FC(F)(F)Oc1cccc2c1OCCO2. The van der Waals surface area contributed by atoms with E-state index in [0.717, 1.165) is 0 Å². The smallest absolute Gasteiger partial charge is 0.486 e. The Bertz CT molecular complexity index is 362. The molecule has 0 amide bonds. The van der Waals surface area contributed by atoms with Crippen molar-refractivity contribution in [3.05, 3.63) is 18.2 Å². The third-order valence-electron chi connectivity index (χ3n) is 1.76. The number of ether oxygens (including phenoxy) is 3. The van der Waals surface area contributed by atoms with Gasteiger partial charge >= 0.3 is 6.36 Å². The van der Waals surface area contributed by atoms with Crippen LogP contribution in [0.15, 0.2) is 18.2 Å². The molecule has 0 N–H and O–H groups in total. The number of rotatable bonds is 1. The Balaban J connectivity index is 2.31. The lowest BCUT2D eigenvalue weighted by atomic mass is 10.3. The molecule has 1 heterocycles. The molecule has 0 aliphatic carbocycles. The van der Waals surface area contributed by atoms with E-state index < -0.39 is 6.36 Å². The van der Waals surface area contributed by atoms with E-state index in [1.54, 1.807) is 0 Å². The minimum Gasteiger partial charge on any atom is -0.486 e. The summed E-state index contributed by atoms with van der Waals surface area (Å²) in [6.45, 7) is 0.535. The highest BCUT2D eigenvalue weighted by Crippen LogP contribution is 2.41. The molecule has 0 spiro atoms. The molecule has 1 aromatic carbocycles. The lowest BCUT2D eigenvalue weighted by molar-refractivity contribution is -0.275. The summed E-state index contributed by atoms with van der Waals surface area (Å²) in [5.74, 6) is -0.108. The second kappa shape index (κ2) is 3.52.